The number of benzene rings is 3. The van der Waals surface area contributed by atoms with E-state index in [2.05, 4.69) is 47.5 Å². The number of aliphatic imine (C=N–C) groups is 1. The number of nitrogens with zero attached hydrogens (tertiary/aromatic N) is 1. The third kappa shape index (κ3) is 4.82. The molecule has 0 aliphatic carbocycles. The molecule has 0 unspecified atom stereocenters. The zero-order valence-corrected chi connectivity index (χ0v) is 16.9. The maximum atomic E-state index is 8.88. The van der Waals surface area contributed by atoms with Crippen LogP contribution in [0.4, 0.5) is 5.69 Å². The van der Waals surface area contributed by atoms with E-state index >= 15 is 0 Å². The fourth-order valence-electron chi connectivity index (χ4n) is 3.21. The Bertz CT molecular complexity index is 1090. The van der Waals surface area contributed by atoms with Crippen LogP contribution in [0.2, 0.25) is 0 Å². The predicted molar refractivity (Wildman–Crippen MR) is 125 cm³/mol. The molecule has 0 fully saturated rings. The molecule has 1 heterocycles. The van der Waals surface area contributed by atoms with Crippen LogP contribution in [0.5, 0.6) is 0 Å². The zero-order valence-electron chi connectivity index (χ0n) is 16.1. The van der Waals surface area contributed by atoms with Crippen LogP contribution in [0.25, 0.3) is 0 Å². The van der Waals surface area contributed by atoms with Crippen LogP contribution in [0.3, 0.4) is 0 Å². The maximum absolute atomic E-state index is 8.88. The van der Waals surface area contributed by atoms with Gasteiger partial charge in [0.1, 0.15) is 0 Å². The third-order valence-electron chi connectivity index (χ3n) is 4.77. The van der Waals surface area contributed by atoms with Gasteiger partial charge in [-0.1, -0.05) is 85.0 Å². The van der Waals surface area contributed by atoms with Gasteiger partial charge in [0.05, 0.1) is 11.4 Å². The van der Waals surface area contributed by atoms with Crippen molar-refractivity contribution in [1.82, 2.24) is 0 Å². The monoisotopic (exact) mass is 394 g/mol. The summed E-state index contributed by atoms with van der Waals surface area (Å²) in [6.07, 6.45) is 9.07. The smallest absolute Gasteiger partial charge is 0.0723 e. The molecule has 1 aliphatic rings. The van der Waals surface area contributed by atoms with E-state index in [9.17, 15) is 0 Å². The Morgan fingerprint density at radius 2 is 1.66 bits per heavy atom. The summed E-state index contributed by atoms with van der Waals surface area (Å²) in [6, 6.07) is 26.4. The van der Waals surface area contributed by atoms with Crippen LogP contribution < -0.4 is 0 Å². The first-order chi connectivity index (χ1) is 14.3. The molecule has 3 aromatic rings. The summed E-state index contributed by atoms with van der Waals surface area (Å²) in [4.78, 5) is 5.96. The first kappa shape index (κ1) is 19.2. The van der Waals surface area contributed by atoms with Gasteiger partial charge in [-0.05, 0) is 35.3 Å². The minimum atomic E-state index is 0.530. The van der Waals surface area contributed by atoms with Crippen molar-refractivity contribution in [2.45, 2.75) is 11.3 Å². The van der Waals surface area contributed by atoms with Crippen LogP contribution in [-0.2, 0) is 6.42 Å². The average molecular weight is 395 g/mol. The summed E-state index contributed by atoms with van der Waals surface area (Å²) in [5.41, 5.74) is 5.59. The fourth-order valence-corrected chi connectivity index (χ4v) is 4.27. The largest absolute Gasteiger partial charge is 0.300 e. The van der Waals surface area contributed by atoms with Gasteiger partial charge in [-0.3, -0.25) is 10.4 Å². The summed E-state index contributed by atoms with van der Waals surface area (Å²) in [5, 5.41) is 8.88. The van der Waals surface area contributed by atoms with E-state index in [1.807, 2.05) is 60.8 Å². The van der Waals surface area contributed by atoms with E-state index in [4.69, 9.17) is 5.41 Å². The topological polar surface area (TPSA) is 36.2 Å². The molecule has 2 nitrogen and oxygen atoms in total. The van der Waals surface area contributed by atoms with Gasteiger partial charge >= 0.3 is 0 Å². The number of thioether (sulfide) groups is 1. The van der Waals surface area contributed by atoms with Gasteiger partial charge in [0.2, 0.25) is 0 Å². The molecule has 0 saturated heterocycles. The molecule has 0 radical (unpaired) electrons. The normalized spacial score (nSPS) is 16.8. The SMILES string of the molecule is N=C(/C1=C/C=C\Cc2ccccc2SC1)c1ccccc1N=Cc1ccccc1. The molecule has 3 heteroatoms. The van der Waals surface area contributed by atoms with Crippen LogP contribution in [0, 0.1) is 5.41 Å². The molecule has 0 spiro atoms. The van der Waals surface area contributed by atoms with Crippen LogP contribution >= 0.6 is 11.8 Å². The summed E-state index contributed by atoms with van der Waals surface area (Å²) < 4.78 is 0. The molecule has 0 saturated carbocycles. The highest BCUT2D eigenvalue weighted by Crippen LogP contribution is 2.29. The second kappa shape index (κ2) is 9.35. The Hall–Kier alpha value is -3.17. The Balaban J connectivity index is 1.60. The van der Waals surface area contributed by atoms with E-state index in [0.717, 1.165) is 34.6 Å². The number of hydrogen-bond donors (Lipinski definition) is 1. The molecule has 0 aromatic heterocycles. The van der Waals surface area contributed by atoms with Crippen LogP contribution in [0.1, 0.15) is 16.7 Å². The molecule has 0 bridgehead atoms. The first-order valence-electron chi connectivity index (χ1n) is 9.65. The number of rotatable bonds is 4. The minimum Gasteiger partial charge on any atom is -0.300 e. The summed E-state index contributed by atoms with van der Waals surface area (Å²) in [6.45, 7) is 0. The number of allylic oxidation sites excluding steroid dienone is 3. The van der Waals surface area contributed by atoms with Gasteiger partial charge in [0.15, 0.2) is 0 Å². The Morgan fingerprint density at radius 3 is 2.55 bits per heavy atom. The van der Waals surface area contributed by atoms with E-state index in [1.54, 1.807) is 11.8 Å². The van der Waals surface area contributed by atoms with E-state index in [0.29, 0.717) is 5.71 Å². The van der Waals surface area contributed by atoms with Gasteiger partial charge in [0, 0.05) is 22.4 Å². The highest BCUT2D eigenvalue weighted by molar-refractivity contribution is 7.99. The molecule has 4 rings (SSSR count). The summed E-state index contributed by atoms with van der Waals surface area (Å²) in [5.74, 6) is 0.761. The molecule has 29 heavy (non-hydrogen) atoms. The lowest BCUT2D eigenvalue weighted by atomic mass is 10.0. The number of fused-ring (bicyclic) bond motifs is 1. The summed E-state index contributed by atoms with van der Waals surface area (Å²) in [7, 11) is 0. The highest BCUT2D eigenvalue weighted by atomic mass is 32.2. The fraction of sp³-hybridized carbons (Fsp3) is 0.0769. The number of hydrogen-bond acceptors (Lipinski definition) is 3. The quantitative estimate of drug-likeness (QED) is 0.495. The van der Waals surface area contributed by atoms with Gasteiger partial charge in [-0.2, -0.15) is 0 Å². The minimum absolute atomic E-state index is 0.530. The molecular formula is C26H22N2S. The van der Waals surface area contributed by atoms with Gasteiger partial charge in [0.25, 0.3) is 0 Å². The molecular weight excluding hydrogens is 372 g/mol. The molecule has 0 atom stereocenters. The average Bonchev–Trinajstić information content (AvgIpc) is 2.88. The van der Waals surface area contributed by atoms with Crippen molar-refractivity contribution in [3.05, 3.63) is 119 Å². The number of para-hydroxylation sites is 1. The molecule has 1 aliphatic heterocycles. The lowest BCUT2D eigenvalue weighted by Crippen LogP contribution is -2.06. The van der Waals surface area contributed by atoms with Gasteiger partial charge in [-0.15, -0.1) is 11.8 Å². The lowest BCUT2D eigenvalue weighted by Gasteiger charge is -2.12. The maximum Gasteiger partial charge on any atom is 0.0723 e. The van der Waals surface area contributed by atoms with Crippen LogP contribution in [0.15, 0.2) is 113 Å². The van der Waals surface area contributed by atoms with Crippen molar-refractivity contribution in [1.29, 1.82) is 5.41 Å². The van der Waals surface area contributed by atoms with E-state index in [1.165, 1.54) is 10.5 Å². The van der Waals surface area contributed by atoms with Gasteiger partial charge in [-0.25, -0.2) is 0 Å². The van der Waals surface area contributed by atoms with Gasteiger partial charge < -0.3 is 0 Å². The highest BCUT2D eigenvalue weighted by Gasteiger charge is 2.13. The van der Waals surface area contributed by atoms with Crippen molar-refractivity contribution in [3.8, 4) is 0 Å². The molecule has 3 aromatic carbocycles. The van der Waals surface area contributed by atoms with E-state index in [-0.39, 0.29) is 0 Å². The van der Waals surface area contributed by atoms with Crippen molar-refractivity contribution in [2.24, 2.45) is 4.99 Å². The van der Waals surface area contributed by atoms with Crippen LogP contribution in [-0.4, -0.2) is 17.7 Å². The van der Waals surface area contributed by atoms with E-state index < -0.39 is 0 Å². The first-order valence-corrected chi connectivity index (χ1v) is 10.6. The lowest BCUT2D eigenvalue weighted by molar-refractivity contribution is 1.18. The van der Waals surface area contributed by atoms with Crippen molar-refractivity contribution >= 4 is 29.4 Å². The molecule has 0 amide bonds. The summed E-state index contributed by atoms with van der Waals surface area (Å²) >= 11 is 1.80. The molecule has 1 N–H and O–H groups in total. The number of nitrogens with one attached hydrogen (secondary N) is 1. The standard InChI is InChI=1S/C26H22N2S/c27-26(22-14-5-4-12-21-13-6-9-17-25(21)29-19-22)23-15-7-8-16-24(23)28-18-20-10-2-1-3-11-20/h1-11,13-18,27H,12,19H2/b5-4-,22-14+,27-26?,28-18?. The third-order valence-corrected chi connectivity index (χ3v) is 5.94. The molecule has 142 valence electrons. The Morgan fingerprint density at radius 1 is 0.897 bits per heavy atom. The second-order valence-corrected chi connectivity index (χ2v) is 7.80. The zero-order chi connectivity index (χ0) is 19.9. The van der Waals surface area contributed by atoms with Crippen molar-refractivity contribution < 1.29 is 0 Å². The Kier molecular flexibility index (Phi) is 6.18. The van der Waals surface area contributed by atoms with Crippen molar-refractivity contribution in [3.63, 3.8) is 0 Å². The second-order valence-electron chi connectivity index (χ2n) is 6.78. The van der Waals surface area contributed by atoms with Crippen molar-refractivity contribution in [2.75, 3.05) is 5.75 Å². The Labute approximate surface area is 176 Å². The predicted octanol–water partition coefficient (Wildman–Crippen LogP) is 6.64.